The van der Waals surface area contributed by atoms with Gasteiger partial charge in [-0.2, -0.15) is 0 Å². The van der Waals surface area contributed by atoms with E-state index in [1.54, 1.807) is 13.2 Å². The molecular formula is C22H22ClN3O3. The minimum absolute atomic E-state index is 0.396. The molecule has 1 heterocycles. The van der Waals surface area contributed by atoms with E-state index in [0.717, 1.165) is 30.1 Å². The highest BCUT2D eigenvalue weighted by Crippen LogP contribution is 2.26. The lowest BCUT2D eigenvalue weighted by Crippen LogP contribution is -2.51. The lowest BCUT2D eigenvalue weighted by molar-refractivity contribution is 0.415. The van der Waals surface area contributed by atoms with Crippen LogP contribution in [0.1, 0.15) is 5.56 Å². The summed E-state index contributed by atoms with van der Waals surface area (Å²) in [6.45, 7) is 3.31. The van der Waals surface area contributed by atoms with Crippen molar-refractivity contribution in [2.24, 2.45) is 0 Å². The third-order valence-corrected chi connectivity index (χ3v) is 5.70. The fourth-order valence-electron chi connectivity index (χ4n) is 3.65. The molecule has 4 rings (SSSR count). The van der Waals surface area contributed by atoms with E-state index in [-0.39, 0.29) is 0 Å². The van der Waals surface area contributed by atoms with E-state index in [2.05, 4.69) is 10.2 Å². The maximum Gasteiger partial charge on any atom is 0.253 e. The van der Waals surface area contributed by atoms with Gasteiger partial charge in [-0.25, -0.2) is 0 Å². The van der Waals surface area contributed by atoms with Gasteiger partial charge >= 0.3 is 0 Å². The van der Waals surface area contributed by atoms with Gasteiger partial charge in [0.15, 0.2) is 0 Å². The first-order chi connectivity index (χ1) is 14.1. The average Bonchev–Trinajstić information content (AvgIpc) is 2.77. The molecule has 6 nitrogen and oxygen atoms in total. The number of rotatable bonds is 6. The molecule has 1 aliphatic rings. The summed E-state index contributed by atoms with van der Waals surface area (Å²) in [6, 6.07) is 15.4. The predicted molar refractivity (Wildman–Crippen MR) is 118 cm³/mol. The Morgan fingerprint density at radius 2 is 1.59 bits per heavy atom. The van der Waals surface area contributed by atoms with Crippen molar-refractivity contribution in [3.63, 3.8) is 0 Å². The second kappa shape index (κ2) is 8.17. The Bertz CT molecular complexity index is 1070. The molecule has 1 N–H and O–H groups in total. The van der Waals surface area contributed by atoms with Crippen LogP contribution in [0.3, 0.4) is 0 Å². The summed E-state index contributed by atoms with van der Waals surface area (Å²) >= 11 is 6.18. The highest BCUT2D eigenvalue weighted by Gasteiger charge is 2.28. The Balaban J connectivity index is 1.42. The van der Waals surface area contributed by atoms with Gasteiger partial charge in [0, 0.05) is 43.4 Å². The van der Waals surface area contributed by atoms with Crippen molar-refractivity contribution in [1.82, 2.24) is 0 Å². The summed E-state index contributed by atoms with van der Waals surface area (Å²) in [5, 5.41) is 3.75. The van der Waals surface area contributed by atoms with Crippen LogP contribution in [-0.4, -0.2) is 33.3 Å². The maximum absolute atomic E-state index is 12.2. The number of halogens is 1. The predicted octanol–water partition coefficient (Wildman–Crippen LogP) is 2.88. The SMILES string of the molecule is COc1ccc(N2CCN(c3c(NCc4ccccc4Cl)c(=O)c3=O)CC2)cc1. The van der Waals surface area contributed by atoms with Gasteiger partial charge in [0.25, 0.3) is 10.9 Å². The molecule has 0 radical (unpaired) electrons. The third-order valence-electron chi connectivity index (χ3n) is 5.33. The minimum Gasteiger partial charge on any atom is -0.497 e. The maximum atomic E-state index is 12.2. The zero-order valence-corrected chi connectivity index (χ0v) is 16.9. The first-order valence-corrected chi connectivity index (χ1v) is 9.91. The number of nitrogens with one attached hydrogen (secondary N) is 1. The van der Waals surface area contributed by atoms with Gasteiger partial charge < -0.3 is 19.9 Å². The summed E-state index contributed by atoms with van der Waals surface area (Å²) < 4.78 is 5.21. The van der Waals surface area contributed by atoms with Gasteiger partial charge in [-0.15, -0.1) is 0 Å². The zero-order valence-electron chi connectivity index (χ0n) is 16.2. The molecule has 7 heteroatoms. The Morgan fingerprint density at radius 3 is 2.24 bits per heavy atom. The normalized spacial score (nSPS) is 14.3. The van der Waals surface area contributed by atoms with Crippen LogP contribution in [-0.2, 0) is 6.54 Å². The molecule has 0 atom stereocenters. The number of ether oxygens (including phenoxy) is 1. The second-order valence-corrected chi connectivity index (χ2v) is 7.41. The number of benzene rings is 2. The minimum atomic E-state index is -0.454. The number of anilines is 3. The molecule has 0 amide bonds. The largest absolute Gasteiger partial charge is 0.497 e. The fraction of sp³-hybridized carbons (Fsp3) is 0.273. The number of piperazine rings is 1. The van der Waals surface area contributed by atoms with Crippen LogP contribution >= 0.6 is 11.6 Å². The molecular weight excluding hydrogens is 390 g/mol. The molecule has 150 valence electrons. The van der Waals surface area contributed by atoms with Crippen LogP contribution in [0, 0.1) is 0 Å². The van der Waals surface area contributed by atoms with E-state index in [1.165, 1.54) is 0 Å². The lowest BCUT2D eigenvalue weighted by atomic mass is 10.1. The molecule has 0 bridgehead atoms. The van der Waals surface area contributed by atoms with Crippen molar-refractivity contribution < 1.29 is 4.74 Å². The summed E-state index contributed by atoms with van der Waals surface area (Å²) in [5.74, 6) is 0.824. The van der Waals surface area contributed by atoms with Crippen molar-refractivity contribution in [3.05, 3.63) is 79.6 Å². The van der Waals surface area contributed by atoms with Crippen LogP contribution in [0.25, 0.3) is 0 Å². The molecule has 29 heavy (non-hydrogen) atoms. The van der Waals surface area contributed by atoms with Crippen molar-refractivity contribution in [3.8, 4) is 5.75 Å². The Labute approximate surface area is 174 Å². The second-order valence-electron chi connectivity index (χ2n) is 7.00. The Morgan fingerprint density at radius 1 is 0.931 bits per heavy atom. The summed E-state index contributed by atoms with van der Waals surface area (Å²) in [7, 11) is 1.65. The standard InChI is InChI=1S/C22H22ClN3O3/c1-29-17-8-6-16(7-9-17)25-10-12-26(13-11-25)20-19(21(27)22(20)28)24-14-15-4-2-3-5-18(15)23/h2-9,24H,10-14H2,1H3. The lowest BCUT2D eigenvalue weighted by Gasteiger charge is -2.38. The highest BCUT2D eigenvalue weighted by atomic mass is 35.5. The molecule has 0 spiro atoms. The zero-order chi connectivity index (χ0) is 20.4. The molecule has 3 aromatic rings. The number of nitrogens with zero attached hydrogens (tertiary/aromatic N) is 2. The molecule has 0 aliphatic carbocycles. The van der Waals surface area contributed by atoms with E-state index in [0.29, 0.717) is 36.0 Å². The van der Waals surface area contributed by atoms with Crippen molar-refractivity contribution in [2.45, 2.75) is 6.54 Å². The number of hydrogen-bond acceptors (Lipinski definition) is 6. The third kappa shape index (κ3) is 3.80. The van der Waals surface area contributed by atoms with E-state index in [9.17, 15) is 9.59 Å². The van der Waals surface area contributed by atoms with E-state index >= 15 is 0 Å². The van der Waals surface area contributed by atoms with Gasteiger partial charge in [0.05, 0.1) is 7.11 Å². The summed E-state index contributed by atoms with van der Waals surface area (Å²) in [5.41, 5.74) is 2.03. The van der Waals surface area contributed by atoms with Crippen LogP contribution in [0.4, 0.5) is 17.1 Å². The van der Waals surface area contributed by atoms with Crippen LogP contribution in [0.2, 0.25) is 5.02 Å². The summed E-state index contributed by atoms with van der Waals surface area (Å²) in [4.78, 5) is 28.6. The van der Waals surface area contributed by atoms with Gasteiger partial charge in [-0.05, 0) is 35.9 Å². The first-order valence-electron chi connectivity index (χ1n) is 9.53. The molecule has 1 fully saturated rings. The number of methoxy groups -OCH3 is 1. The molecule has 0 aromatic heterocycles. The van der Waals surface area contributed by atoms with Crippen molar-refractivity contribution in [1.29, 1.82) is 0 Å². The van der Waals surface area contributed by atoms with Crippen LogP contribution in [0.5, 0.6) is 5.75 Å². The van der Waals surface area contributed by atoms with Gasteiger partial charge in [-0.3, -0.25) is 9.59 Å². The van der Waals surface area contributed by atoms with E-state index in [4.69, 9.17) is 16.3 Å². The highest BCUT2D eigenvalue weighted by molar-refractivity contribution is 6.31. The van der Waals surface area contributed by atoms with E-state index < -0.39 is 10.9 Å². The molecule has 1 saturated heterocycles. The van der Waals surface area contributed by atoms with Crippen molar-refractivity contribution in [2.75, 3.05) is 48.4 Å². The Hall–Kier alpha value is -2.99. The number of hydrogen-bond donors (Lipinski definition) is 1. The van der Waals surface area contributed by atoms with E-state index in [1.807, 2.05) is 47.4 Å². The van der Waals surface area contributed by atoms with Gasteiger partial charge in [-0.1, -0.05) is 29.8 Å². The van der Waals surface area contributed by atoms with Gasteiger partial charge in [0.2, 0.25) is 0 Å². The quantitative estimate of drug-likeness (QED) is 0.629. The fourth-order valence-corrected chi connectivity index (χ4v) is 3.85. The van der Waals surface area contributed by atoms with Gasteiger partial charge in [0.1, 0.15) is 17.1 Å². The molecule has 1 aliphatic heterocycles. The first kappa shape index (κ1) is 19.3. The molecule has 3 aromatic carbocycles. The smallest absolute Gasteiger partial charge is 0.253 e. The average molecular weight is 412 g/mol. The van der Waals surface area contributed by atoms with Crippen LogP contribution < -0.4 is 30.7 Å². The Kier molecular flexibility index (Phi) is 5.45. The molecule has 0 saturated carbocycles. The molecule has 0 unspecified atom stereocenters. The summed E-state index contributed by atoms with van der Waals surface area (Å²) in [6.07, 6.45) is 0. The topological polar surface area (TPSA) is 61.9 Å². The van der Waals surface area contributed by atoms with Crippen LogP contribution in [0.15, 0.2) is 58.1 Å². The monoisotopic (exact) mass is 411 g/mol. The van der Waals surface area contributed by atoms with Crippen molar-refractivity contribution >= 4 is 28.7 Å².